The molecule has 0 atom stereocenters. The van der Waals surface area contributed by atoms with Crippen LogP contribution in [0.4, 0.5) is 0 Å². The number of carbonyl (C=O) groups excluding carboxylic acids is 1. The van der Waals surface area contributed by atoms with Crippen LogP contribution in [0.3, 0.4) is 0 Å². The molecule has 0 aliphatic rings. The Labute approximate surface area is 126 Å². The maximum absolute atomic E-state index is 12.5. The number of benzene rings is 1. The van der Waals surface area contributed by atoms with Crippen LogP contribution >= 0.6 is 11.3 Å². The van der Waals surface area contributed by atoms with Gasteiger partial charge in [0.25, 0.3) is 5.91 Å². The molecule has 0 saturated heterocycles. The summed E-state index contributed by atoms with van der Waals surface area (Å²) < 4.78 is 0. The van der Waals surface area contributed by atoms with E-state index in [1.807, 2.05) is 31.4 Å². The van der Waals surface area contributed by atoms with Crippen molar-refractivity contribution in [2.45, 2.75) is 19.9 Å². The van der Waals surface area contributed by atoms with Gasteiger partial charge in [0.2, 0.25) is 0 Å². The summed E-state index contributed by atoms with van der Waals surface area (Å²) >= 11 is 1.66. The molecule has 2 aromatic heterocycles. The summed E-state index contributed by atoms with van der Waals surface area (Å²) in [5.41, 5.74) is 2.40. The number of H-pyrrole nitrogens is 1. The van der Waals surface area contributed by atoms with E-state index in [0.717, 1.165) is 27.3 Å². The lowest BCUT2D eigenvalue weighted by molar-refractivity contribution is 0.0786. The lowest BCUT2D eigenvalue weighted by Gasteiger charge is -2.16. The van der Waals surface area contributed by atoms with Crippen molar-refractivity contribution in [3.8, 4) is 0 Å². The summed E-state index contributed by atoms with van der Waals surface area (Å²) in [6.07, 6.45) is 4.41. The Morgan fingerprint density at radius 3 is 3.00 bits per heavy atom. The number of fused-ring (bicyclic) bond motifs is 1. The standard InChI is InChI=1S/C15H16N4OS/c1-3-14-16-7-11(21-14)8-19(2)15(20)10-4-5-12-13(6-10)18-9-17-12/h4-7,9H,3,8H2,1-2H3,(H,17,18). The molecule has 21 heavy (non-hydrogen) atoms. The molecule has 0 fully saturated rings. The monoisotopic (exact) mass is 300 g/mol. The fraction of sp³-hybridized carbons (Fsp3) is 0.267. The van der Waals surface area contributed by atoms with Crippen LogP contribution in [-0.2, 0) is 13.0 Å². The van der Waals surface area contributed by atoms with Gasteiger partial charge in [-0.05, 0) is 24.6 Å². The van der Waals surface area contributed by atoms with Gasteiger partial charge in [0.15, 0.2) is 0 Å². The van der Waals surface area contributed by atoms with Gasteiger partial charge in [-0.1, -0.05) is 6.92 Å². The number of aromatic amines is 1. The Bertz CT molecular complexity index is 777. The third-order valence-corrected chi connectivity index (χ3v) is 4.44. The zero-order valence-electron chi connectivity index (χ0n) is 12.0. The van der Waals surface area contributed by atoms with Crippen LogP contribution in [0.25, 0.3) is 11.0 Å². The molecule has 6 heteroatoms. The highest BCUT2D eigenvalue weighted by atomic mass is 32.1. The number of aromatic nitrogens is 3. The van der Waals surface area contributed by atoms with E-state index >= 15 is 0 Å². The van der Waals surface area contributed by atoms with Gasteiger partial charge < -0.3 is 9.88 Å². The molecule has 5 nitrogen and oxygen atoms in total. The van der Waals surface area contributed by atoms with Crippen LogP contribution in [-0.4, -0.2) is 32.8 Å². The second-order valence-electron chi connectivity index (χ2n) is 4.87. The number of nitrogens with one attached hydrogen (secondary N) is 1. The topological polar surface area (TPSA) is 61.9 Å². The van der Waals surface area contributed by atoms with Gasteiger partial charge in [-0.25, -0.2) is 9.97 Å². The molecule has 0 aliphatic heterocycles. The van der Waals surface area contributed by atoms with E-state index in [2.05, 4.69) is 21.9 Å². The molecular formula is C15H16N4OS. The first-order valence-corrected chi connectivity index (χ1v) is 7.61. The quantitative estimate of drug-likeness (QED) is 0.806. The van der Waals surface area contributed by atoms with Crippen molar-refractivity contribution < 1.29 is 4.79 Å². The van der Waals surface area contributed by atoms with E-state index < -0.39 is 0 Å². The number of thiazole rings is 1. The van der Waals surface area contributed by atoms with Gasteiger partial charge in [-0.2, -0.15) is 0 Å². The van der Waals surface area contributed by atoms with Crippen molar-refractivity contribution in [2.24, 2.45) is 0 Å². The second kappa shape index (κ2) is 5.65. The number of hydrogen-bond donors (Lipinski definition) is 1. The molecule has 0 spiro atoms. The first-order chi connectivity index (χ1) is 10.2. The molecule has 1 N–H and O–H groups in total. The molecule has 0 saturated carbocycles. The smallest absolute Gasteiger partial charge is 0.254 e. The van der Waals surface area contributed by atoms with Crippen LogP contribution < -0.4 is 0 Å². The van der Waals surface area contributed by atoms with Crippen molar-refractivity contribution in [3.05, 3.63) is 46.2 Å². The minimum atomic E-state index is -0.00190. The molecule has 0 bridgehead atoms. The average molecular weight is 300 g/mol. The van der Waals surface area contributed by atoms with Crippen molar-refractivity contribution in [3.63, 3.8) is 0 Å². The number of amides is 1. The third kappa shape index (κ3) is 2.80. The largest absolute Gasteiger partial charge is 0.345 e. The first kappa shape index (κ1) is 13.8. The molecular weight excluding hydrogens is 284 g/mol. The maximum Gasteiger partial charge on any atom is 0.254 e. The van der Waals surface area contributed by atoms with Crippen LogP contribution in [0.15, 0.2) is 30.7 Å². The van der Waals surface area contributed by atoms with E-state index in [0.29, 0.717) is 12.1 Å². The molecule has 1 aromatic carbocycles. The summed E-state index contributed by atoms with van der Waals surface area (Å²) in [4.78, 5) is 26.8. The molecule has 3 rings (SSSR count). The number of hydrogen-bond acceptors (Lipinski definition) is 4. The zero-order valence-corrected chi connectivity index (χ0v) is 12.8. The van der Waals surface area contributed by atoms with Crippen LogP contribution in [0, 0.1) is 0 Å². The SMILES string of the molecule is CCc1ncc(CN(C)C(=O)c2ccc3nc[nH]c3c2)s1. The Morgan fingerprint density at radius 1 is 1.38 bits per heavy atom. The van der Waals surface area contributed by atoms with Gasteiger partial charge in [-0.3, -0.25) is 4.79 Å². The minimum absolute atomic E-state index is 0.00190. The lowest BCUT2D eigenvalue weighted by atomic mass is 10.2. The summed E-state index contributed by atoms with van der Waals surface area (Å²) in [6, 6.07) is 5.51. The Hall–Kier alpha value is -2.21. The number of rotatable bonds is 4. The van der Waals surface area contributed by atoms with E-state index in [1.165, 1.54) is 0 Å². The summed E-state index contributed by atoms with van der Waals surface area (Å²) in [5.74, 6) is -0.00190. The average Bonchev–Trinajstić information content (AvgIpc) is 3.13. The van der Waals surface area contributed by atoms with Crippen molar-refractivity contribution in [1.82, 2.24) is 19.9 Å². The molecule has 3 aromatic rings. The minimum Gasteiger partial charge on any atom is -0.345 e. The van der Waals surface area contributed by atoms with Gasteiger partial charge in [0, 0.05) is 23.7 Å². The summed E-state index contributed by atoms with van der Waals surface area (Å²) in [6.45, 7) is 2.66. The molecule has 0 aliphatic carbocycles. The van der Waals surface area contributed by atoms with Gasteiger partial charge in [0.05, 0.1) is 28.9 Å². The lowest BCUT2D eigenvalue weighted by Crippen LogP contribution is -2.25. The summed E-state index contributed by atoms with van der Waals surface area (Å²) in [7, 11) is 1.81. The van der Waals surface area contributed by atoms with Gasteiger partial charge in [0.1, 0.15) is 0 Å². The highest BCUT2D eigenvalue weighted by Crippen LogP contribution is 2.17. The van der Waals surface area contributed by atoms with Crippen molar-refractivity contribution >= 4 is 28.3 Å². The number of nitrogens with zero attached hydrogens (tertiary/aromatic N) is 3. The fourth-order valence-electron chi connectivity index (χ4n) is 2.18. The van der Waals surface area contributed by atoms with Crippen molar-refractivity contribution in [2.75, 3.05) is 7.05 Å². The van der Waals surface area contributed by atoms with E-state index in [4.69, 9.17) is 0 Å². The van der Waals surface area contributed by atoms with Crippen LogP contribution in [0.5, 0.6) is 0 Å². The maximum atomic E-state index is 12.5. The number of aryl methyl sites for hydroxylation is 1. The number of imidazole rings is 1. The number of carbonyl (C=O) groups is 1. The molecule has 108 valence electrons. The predicted octanol–water partition coefficient (Wildman–Crippen LogP) is 2.85. The molecule has 1 amide bonds. The third-order valence-electron chi connectivity index (χ3n) is 3.31. The second-order valence-corrected chi connectivity index (χ2v) is 6.07. The normalized spacial score (nSPS) is 11.0. The van der Waals surface area contributed by atoms with Crippen LogP contribution in [0.2, 0.25) is 0 Å². The Kier molecular flexibility index (Phi) is 3.70. The molecule has 2 heterocycles. The molecule has 0 radical (unpaired) electrons. The van der Waals surface area contributed by atoms with E-state index in [1.54, 1.807) is 22.6 Å². The predicted molar refractivity (Wildman–Crippen MR) is 83.4 cm³/mol. The zero-order chi connectivity index (χ0) is 14.8. The van der Waals surface area contributed by atoms with E-state index in [9.17, 15) is 4.79 Å². The van der Waals surface area contributed by atoms with Crippen molar-refractivity contribution in [1.29, 1.82) is 0 Å². The summed E-state index contributed by atoms with van der Waals surface area (Å²) in [5, 5.41) is 1.10. The Balaban J connectivity index is 1.76. The van der Waals surface area contributed by atoms with Gasteiger partial charge >= 0.3 is 0 Å². The van der Waals surface area contributed by atoms with E-state index in [-0.39, 0.29) is 5.91 Å². The highest BCUT2D eigenvalue weighted by Gasteiger charge is 2.14. The van der Waals surface area contributed by atoms with Crippen LogP contribution in [0.1, 0.15) is 27.2 Å². The first-order valence-electron chi connectivity index (χ1n) is 6.79. The fourth-order valence-corrected chi connectivity index (χ4v) is 3.10. The van der Waals surface area contributed by atoms with Gasteiger partial charge in [-0.15, -0.1) is 11.3 Å². The highest BCUT2D eigenvalue weighted by molar-refractivity contribution is 7.11. The Morgan fingerprint density at radius 2 is 2.24 bits per heavy atom. The molecule has 0 unspecified atom stereocenters.